The Morgan fingerprint density at radius 3 is 2.67 bits per heavy atom. The van der Waals surface area contributed by atoms with E-state index in [0.717, 1.165) is 32.1 Å². The van der Waals surface area contributed by atoms with Crippen LogP contribution in [0.2, 0.25) is 0 Å². The van der Waals surface area contributed by atoms with Gasteiger partial charge in [-0.3, -0.25) is 4.79 Å². The molecule has 1 fully saturated rings. The molecular formula is C13H25NO3S. The third-order valence-corrected chi connectivity index (χ3v) is 4.80. The first-order valence-corrected chi connectivity index (χ1v) is 8.75. The molecule has 106 valence electrons. The second kappa shape index (κ2) is 7.24. The number of hydrogen-bond acceptors (Lipinski definition) is 3. The second-order valence-electron chi connectivity index (χ2n) is 5.33. The number of hydrogen-bond donors (Lipinski definition) is 0. The standard InChI is InChI=1S/C13H25NO3S/c1-3-4-5-8-13(15)10-12-7-6-9-14(11-12)18(2,16)17/h12H,3-11H2,1-2H3. The summed E-state index contributed by atoms with van der Waals surface area (Å²) in [4.78, 5) is 11.8. The van der Waals surface area contributed by atoms with Crippen LogP contribution in [0.25, 0.3) is 0 Å². The minimum Gasteiger partial charge on any atom is -0.300 e. The van der Waals surface area contributed by atoms with E-state index >= 15 is 0 Å². The molecule has 1 aliphatic heterocycles. The quantitative estimate of drug-likeness (QED) is 0.669. The van der Waals surface area contributed by atoms with Crippen molar-refractivity contribution in [2.24, 2.45) is 5.92 Å². The number of ketones is 1. The van der Waals surface area contributed by atoms with Crippen LogP contribution >= 0.6 is 0 Å². The number of carbonyl (C=O) groups is 1. The van der Waals surface area contributed by atoms with Crippen LogP contribution in [-0.4, -0.2) is 37.9 Å². The summed E-state index contributed by atoms with van der Waals surface area (Å²) in [5, 5.41) is 0. The molecule has 1 unspecified atom stereocenters. The molecule has 0 aliphatic carbocycles. The van der Waals surface area contributed by atoms with Crippen LogP contribution in [-0.2, 0) is 14.8 Å². The molecule has 0 saturated carbocycles. The largest absolute Gasteiger partial charge is 0.300 e. The third kappa shape index (κ3) is 5.48. The summed E-state index contributed by atoms with van der Waals surface area (Å²) in [5.41, 5.74) is 0. The summed E-state index contributed by atoms with van der Waals surface area (Å²) in [6.45, 7) is 3.26. The van der Waals surface area contributed by atoms with Crippen LogP contribution < -0.4 is 0 Å². The first kappa shape index (κ1) is 15.6. The molecule has 1 rings (SSSR count). The first-order valence-electron chi connectivity index (χ1n) is 6.90. The molecule has 5 heteroatoms. The molecular weight excluding hydrogens is 250 g/mol. The Morgan fingerprint density at radius 2 is 2.06 bits per heavy atom. The lowest BCUT2D eigenvalue weighted by Crippen LogP contribution is -2.39. The lowest BCUT2D eigenvalue weighted by Gasteiger charge is -2.30. The predicted octanol–water partition coefficient (Wildman–Crippen LogP) is 2.20. The molecule has 0 amide bonds. The predicted molar refractivity (Wildman–Crippen MR) is 72.9 cm³/mol. The summed E-state index contributed by atoms with van der Waals surface area (Å²) >= 11 is 0. The van der Waals surface area contributed by atoms with E-state index in [4.69, 9.17) is 0 Å². The molecule has 0 N–H and O–H groups in total. The molecule has 0 bridgehead atoms. The lowest BCUT2D eigenvalue weighted by atomic mass is 9.92. The number of Topliss-reactive ketones (excluding diaryl/α,β-unsaturated/α-hetero) is 1. The van der Waals surface area contributed by atoms with E-state index in [9.17, 15) is 13.2 Å². The van der Waals surface area contributed by atoms with E-state index in [0.29, 0.717) is 31.7 Å². The fourth-order valence-corrected chi connectivity index (χ4v) is 3.43. The number of unbranched alkanes of at least 4 members (excludes halogenated alkanes) is 2. The molecule has 1 aliphatic rings. The molecule has 1 saturated heterocycles. The van der Waals surface area contributed by atoms with Crippen molar-refractivity contribution < 1.29 is 13.2 Å². The van der Waals surface area contributed by atoms with Crippen molar-refractivity contribution in [3.8, 4) is 0 Å². The van der Waals surface area contributed by atoms with Gasteiger partial charge in [-0.05, 0) is 25.2 Å². The number of piperidine rings is 1. The Labute approximate surface area is 111 Å². The Morgan fingerprint density at radius 1 is 1.33 bits per heavy atom. The fraction of sp³-hybridized carbons (Fsp3) is 0.923. The van der Waals surface area contributed by atoms with E-state index in [1.165, 1.54) is 10.6 Å². The van der Waals surface area contributed by atoms with Crippen molar-refractivity contribution in [2.75, 3.05) is 19.3 Å². The van der Waals surface area contributed by atoms with E-state index in [-0.39, 0.29) is 5.92 Å². The monoisotopic (exact) mass is 275 g/mol. The van der Waals surface area contributed by atoms with Crippen LogP contribution in [0.5, 0.6) is 0 Å². The zero-order valence-electron chi connectivity index (χ0n) is 11.5. The third-order valence-electron chi connectivity index (χ3n) is 3.53. The Bertz CT molecular complexity index is 364. The molecule has 1 atom stereocenters. The number of sulfonamides is 1. The first-order chi connectivity index (χ1) is 8.43. The maximum atomic E-state index is 11.8. The molecule has 1 heterocycles. The zero-order chi connectivity index (χ0) is 13.6. The maximum absolute atomic E-state index is 11.8. The van der Waals surface area contributed by atoms with Crippen LogP contribution in [0.15, 0.2) is 0 Å². The highest BCUT2D eigenvalue weighted by atomic mass is 32.2. The van der Waals surface area contributed by atoms with Gasteiger partial charge < -0.3 is 0 Å². The molecule has 0 spiro atoms. The summed E-state index contributed by atoms with van der Waals surface area (Å²) in [5.74, 6) is 0.520. The zero-order valence-corrected chi connectivity index (χ0v) is 12.3. The van der Waals surface area contributed by atoms with Crippen LogP contribution in [0.3, 0.4) is 0 Å². The van der Waals surface area contributed by atoms with Crippen molar-refractivity contribution in [3.05, 3.63) is 0 Å². The summed E-state index contributed by atoms with van der Waals surface area (Å²) in [6, 6.07) is 0. The van der Waals surface area contributed by atoms with Gasteiger partial charge in [0, 0.05) is 25.9 Å². The van der Waals surface area contributed by atoms with Gasteiger partial charge in [0.25, 0.3) is 0 Å². The van der Waals surface area contributed by atoms with Gasteiger partial charge in [-0.15, -0.1) is 0 Å². The van der Waals surface area contributed by atoms with Gasteiger partial charge in [-0.2, -0.15) is 0 Å². The van der Waals surface area contributed by atoms with Gasteiger partial charge in [0.1, 0.15) is 5.78 Å². The van der Waals surface area contributed by atoms with Crippen molar-refractivity contribution >= 4 is 15.8 Å². The van der Waals surface area contributed by atoms with Crippen LogP contribution in [0.1, 0.15) is 51.9 Å². The molecule has 0 radical (unpaired) electrons. The maximum Gasteiger partial charge on any atom is 0.211 e. The van der Waals surface area contributed by atoms with Gasteiger partial charge in [0.15, 0.2) is 0 Å². The highest BCUT2D eigenvalue weighted by molar-refractivity contribution is 7.88. The average molecular weight is 275 g/mol. The molecule has 0 aromatic rings. The van der Waals surface area contributed by atoms with E-state index in [1.54, 1.807) is 0 Å². The number of carbonyl (C=O) groups excluding carboxylic acids is 1. The van der Waals surface area contributed by atoms with Crippen molar-refractivity contribution in [1.29, 1.82) is 0 Å². The molecule has 0 aromatic heterocycles. The van der Waals surface area contributed by atoms with Gasteiger partial charge in [0.2, 0.25) is 10.0 Å². The summed E-state index contributed by atoms with van der Waals surface area (Å²) in [6.07, 6.45) is 7.51. The van der Waals surface area contributed by atoms with E-state index in [1.807, 2.05) is 0 Å². The van der Waals surface area contributed by atoms with Crippen LogP contribution in [0.4, 0.5) is 0 Å². The van der Waals surface area contributed by atoms with E-state index in [2.05, 4.69) is 6.92 Å². The number of nitrogens with zero attached hydrogens (tertiary/aromatic N) is 1. The minimum absolute atomic E-state index is 0.225. The summed E-state index contributed by atoms with van der Waals surface area (Å²) in [7, 11) is -3.09. The molecule has 0 aromatic carbocycles. The van der Waals surface area contributed by atoms with Crippen molar-refractivity contribution in [1.82, 2.24) is 4.31 Å². The number of rotatable bonds is 7. The second-order valence-corrected chi connectivity index (χ2v) is 7.31. The topological polar surface area (TPSA) is 54.5 Å². The highest BCUT2D eigenvalue weighted by Gasteiger charge is 2.26. The van der Waals surface area contributed by atoms with E-state index < -0.39 is 10.0 Å². The van der Waals surface area contributed by atoms with Gasteiger partial charge in [-0.1, -0.05) is 19.8 Å². The Hall–Kier alpha value is -0.420. The molecule has 4 nitrogen and oxygen atoms in total. The normalized spacial score (nSPS) is 22.0. The Balaban J connectivity index is 2.36. The van der Waals surface area contributed by atoms with Gasteiger partial charge in [0.05, 0.1) is 6.26 Å². The van der Waals surface area contributed by atoms with Crippen molar-refractivity contribution in [3.63, 3.8) is 0 Å². The SMILES string of the molecule is CCCCCC(=O)CC1CCCN(S(C)(=O)=O)C1. The van der Waals surface area contributed by atoms with Gasteiger partial charge in [-0.25, -0.2) is 12.7 Å². The smallest absolute Gasteiger partial charge is 0.211 e. The Kier molecular flexibility index (Phi) is 6.29. The van der Waals surface area contributed by atoms with Crippen LogP contribution in [0, 0.1) is 5.92 Å². The minimum atomic E-state index is -3.09. The van der Waals surface area contributed by atoms with Gasteiger partial charge >= 0.3 is 0 Å². The van der Waals surface area contributed by atoms with Crippen molar-refractivity contribution in [2.45, 2.75) is 51.9 Å². The molecule has 18 heavy (non-hydrogen) atoms. The lowest BCUT2D eigenvalue weighted by molar-refractivity contribution is -0.120. The summed E-state index contributed by atoms with van der Waals surface area (Å²) < 4.78 is 24.5. The fourth-order valence-electron chi connectivity index (χ4n) is 2.49. The highest BCUT2D eigenvalue weighted by Crippen LogP contribution is 2.22. The average Bonchev–Trinajstić information content (AvgIpc) is 2.28.